The van der Waals surface area contributed by atoms with Crippen molar-refractivity contribution >= 4 is 15.7 Å². The Morgan fingerprint density at radius 2 is 1.88 bits per heavy atom. The Labute approximate surface area is 155 Å². The molecule has 4 nitrogen and oxygen atoms in total. The summed E-state index contributed by atoms with van der Waals surface area (Å²) in [6.45, 7) is 1.95. The standard InChI is InChI=1S/C21H22N2O2S/c1-16-9-11-17(12-10-16)26(24,25)23-19-7-3-2-6-18(19)21(14-15-22)13-5-4-8-20(21)23/h2-3,6-7,9-12,20H,4-5,8,13-14H2,1H3/t20-,21+/m0/s1. The normalized spacial score (nSPS) is 24.6. The SMILES string of the molecule is Cc1ccc(S(=O)(=O)N2c3ccccc3[C@]3(CC#N)CCCC[C@H]23)cc1. The van der Waals surface area contributed by atoms with E-state index in [4.69, 9.17) is 0 Å². The van der Waals surface area contributed by atoms with Gasteiger partial charge in [-0.25, -0.2) is 8.42 Å². The summed E-state index contributed by atoms with van der Waals surface area (Å²) in [6.07, 6.45) is 4.04. The Morgan fingerprint density at radius 1 is 1.15 bits per heavy atom. The summed E-state index contributed by atoms with van der Waals surface area (Å²) in [4.78, 5) is 0.316. The van der Waals surface area contributed by atoms with Gasteiger partial charge in [-0.1, -0.05) is 48.7 Å². The lowest BCUT2D eigenvalue weighted by atomic mass is 9.66. The van der Waals surface area contributed by atoms with Gasteiger partial charge in [0.15, 0.2) is 0 Å². The van der Waals surface area contributed by atoms with Gasteiger partial charge in [0.05, 0.1) is 22.7 Å². The summed E-state index contributed by atoms with van der Waals surface area (Å²) in [6, 6.07) is 16.9. The highest BCUT2D eigenvalue weighted by Crippen LogP contribution is 2.55. The minimum absolute atomic E-state index is 0.181. The topological polar surface area (TPSA) is 61.2 Å². The van der Waals surface area contributed by atoms with E-state index in [2.05, 4.69) is 6.07 Å². The molecule has 134 valence electrons. The minimum Gasteiger partial charge on any atom is -0.262 e. The molecule has 0 radical (unpaired) electrons. The van der Waals surface area contributed by atoms with Gasteiger partial charge in [0.1, 0.15) is 0 Å². The van der Waals surface area contributed by atoms with Crippen molar-refractivity contribution in [3.05, 3.63) is 59.7 Å². The van der Waals surface area contributed by atoms with E-state index in [1.54, 1.807) is 16.4 Å². The molecule has 0 saturated heterocycles. The lowest BCUT2D eigenvalue weighted by Gasteiger charge is -2.41. The van der Waals surface area contributed by atoms with Crippen LogP contribution in [0.2, 0.25) is 0 Å². The maximum absolute atomic E-state index is 13.6. The van der Waals surface area contributed by atoms with Crippen LogP contribution in [-0.2, 0) is 15.4 Å². The van der Waals surface area contributed by atoms with Gasteiger partial charge in [-0.15, -0.1) is 0 Å². The van der Waals surface area contributed by atoms with E-state index in [0.29, 0.717) is 11.3 Å². The number of anilines is 1. The molecule has 0 amide bonds. The molecule has 5 heteroatoms. The molecule has 1 aliphatic carbocycles. The second-order valence-corrected chi connectivity index (χ2v) is 9.20. The molecule has 1 heterocycles. The van der Waals surface area contributed by atoms with Crippen LogP contribution >= 0.6 is 0 Å². The van der Waals surface area contributed by atoms with Crippen LogP contribution in [0.25, 0.3) is 0 Å². The first-order valence-corrected chi connectivity index (χ1v) is 10.5. The average Bonchev–Trinajstić information content (AvgIpc) is 2.93. The lowest BCUT2D eigenvalue weighted by molar-refractivity contribution is 0.273. The smallest absolute Gasteiger partial charge is 0.262 e. The van der Waals surface area contributed by atoms with Crippen LogP contribution in [0.3, 0.4) is 0 Å². The molecule has 2 aliphatic rings. The van der Waals surface area contributed by atoms with E-state index in [0.717, 1.165) is 42.5 Å². The van der Waals surface area contributed by atoms with Crippen LogP contribution < -0.4 is 4.31 Å². The number of sulfonamides is 1. The van der Waals surface area contributed by atoms with Crippen molar-refractivity contribution in [2.75, 3.05) is 4.31 Å². The number of nitrogens with zero attached hydrogens (tertiary/aromatic N) is 2. The Bertz CT molecular complexity index is 976. The van der Waals surface area contributed by atoms with Gasteiger partial charge in [0.2, 0.25) is 0 Å². The summed E-state index contributed by atoms with van der Waals surface area (Å²) in [5, 5.41) is 9.50. The Balaban J connectivity index is 1.91. The molecule has 0 unspecified atom stereocenters. The minimum atomic E-state index is -3.67. The van der Waals surface area contributed by atoms with Crippen LogP contribution in [0, 0.1) is 18.3 Å². The molecule has 2 aromatic rings. The van der Waals surface area contributed by atoms with E-state index < -0.39 is 10.0 Å². The zero-order valence-electron chi connectivity index (χ0n) is 14.9. The third-order valence-corrected chi connectivity index (χ3v) is 7.76. The molecule has 0 aromatic heterocycles. The number of hydrogen-bond acceptors (Lipinski definition) is 3. The summed E-state index contributed by atoms with van der Waals surface area (Å²) < 4.78 is 28.7. The number of benzene rings is 2. The van der Waals surface area contributed by atoms with Crippen LogP contribution in [0.15, 0.2) is 53.4 Å². The van der Waals surface area contributed by atoms with Crippen molar-refractivity contribution in [1.29, 1.82) is 5.26 Å². The maximum atomic E-state index is 13.6. The second kappa shape index (κ2) is 6.14. The monoisotopic (exact) mass is 366 g/mol. The first-order chi connectivity index (χ1) is 12.5. The summed E-state index contributed by atoms with van der Waals surface area (Å²) in [5.74, 6) is 0. The quantitative estimate of drug-likeness (QED) is 0.814. The van der Waals surface area contributed by atoms with Crippen molar-refractivity contribution in [2.24, 2.45) is 0 Å². The number of rotatable bonds is 3. The number of fused-ring (bicyclic) bond motifs is 3. The highest BCUT2D eigenvalue weighted by molar-refractivity contribution is 7.92. The fraction of sp³-hybridized carbons (Fsp3) is 0.381. The maximum Gasteiger partial charge on any atom is 0.264 e. The van der Waals surface area contributed by atoms with Crippen molar-refractivity contribution < 1.29 is 8.42 Å². The third-order valence-electron chi connectivity index (χ3n) is 5.92. The van der Waals surface area contributed by atoms with Crippen molar-refractivity contribution in [3.8, 4) is 6.07 Å². The van der Waals surface area contributed by atoms with Crippen molar-refractivity contribution in [3.63, 3.8) is 0 Å². The van der Waals surface area contributed by atoms with E-state index >= 15 is 0 Å². The average molecular weight is 366 g/mol. The lowest BCUT2D eigenvalue weighted by Crippen LogP contribution is -2.49. The predicted molar refractivity (Wildman–Crippen MR) is 101 cm³/mol. The van der Waals surface area contributed by atoms with E-state index in [-0.39, 0.29) is 11.5 Å². The summed E-state index contributed by atoms with van der Waals surface area (Å²) >= 11 is 0. The molecular formula is C21H22N2O2S. The molecule has 4 rings (SSSR count). The van der Waals surface area contributed by atoms with Gasteiger partial charge in [-0.2, -0.15) is 5.26 Å². The van der Waals surface area contributed by atoms with Crippen LogP contribution in [0.1, 0.15) is 43.2 Å². The fourth-order valence-electron chi connectivity index (χ4n) is 4.69. The molecule has 26 heavy (non-hydrogen) atoms. The van der Waals surface area contributed by atoms with Gasteiger partial charge < -0.3 is 0 Å². The molecule has 1 aliphatic heterocycles. The largest absolute Gasteiger partial charge is 0.264 e. The van der Waals surface area contributed by atoms with Gasteiger partial charge >= 0.3 is 0 Å². The Kier molecular flexibility index (Phi) is 4.04. The second-order valence-electron chi connectivity index (χ2n) is 7.38. The summed E-state index contributed by atoms with van der Waals surface area (Å²) in [7, 11) is -3.67. The highest BCUT2D eigenvalue weighted by atomic mass is 32.2. The van der Waals surface area contributed by atoms with E-state index in [1.807, 2.05) is 43.3 Å². The molecule has 0 bridgehead atoms. The van der Waals surface area contributed by atoms with E-state index in [1.165, 1.54) is 0 Å². The molecule has 1 fully saturated rings. The van der Waals surface area contributed by atoms with Gasteiger partial charge in [-0.3, -0.25) is 4.31 Å². The molecule has 0 N–H and O–H groups in total. The zero-order chi connectivity index (χ0) is 18.4. The van der Waals surface area contributed by atoms with Gasteiger partial charge in [0.25, 0.3) is 10.0 Å². The summed E-state index contributed by atoms with van der Waals surface area (Å²) in [5.41, 5.74) is 2.40. The Morgan fingerprint density at radius 3 is 2.62 bits per heavy atom. The third kappa shape index (κ3) is 2.36. The van der Waals surface area contributed by atoms with E-state index in [9.17, 15) is 13.7 Å². The first kappa shape index (κ1) is 17.1. The van der Waals surface area contributed by atoms with Crippen LogP contribution in [0.5, 0.6) is 0 Å². The Hall–Kier alpha value is -2.32. The predicted octanol–water partition coefficient (Wildman–Crippen LogP) is 4.30. The van der Waals surface area contributed by atoms with Gasteiger partial charge in [-0.05, 0) is 43.5 Å². The zero-order valence-corrected chi connectivity index (χ0v) is 15.7. The molecule has 1 saturated carbocycles. The van der Waals surface area contributed by atoms with Crippen LogP contribution in [-0.4, -0.2) is 14.5 Å². The number of aryl methyl sites for hydroxylation is 1. The number of para-hydroxylation sites is 1. The van der Waals surface area contributed by atoms with Crippen LogP contribution in [0.4, 0.5) is 5.69 Å². The first-order valence-electron chi connectivity index (χ1n) is 9.08. The molecule has 0 spiro atoms. The highest BCUT2D eigenvalue weighted by Gasteiger charge is 2.55. The van der Waals surface area contributed by atoms with Crippen molar-refractivity contribution in [1.82, 2.24) is 0 Å². The molecule has 2 atom stereocenters. The number of nitriles is 1. The molecule has 2 aromatic carbocycles. The molecular weight excluding hydrogens is 344 g/mol. The van der Waals surface area contributed by atoms with Crippen molar-refractivity contribution in [2.45, 2.75) is 55.4 Å². The fourth-order valence-corrected chi connectivity index (χ4v) is 6.46. The van der Waals surface area contributed by atoms with Gasteiger partial charge in [0, 0.05) is 11.8 Å². The number of hydrogen-bond donors (Lipinski definition) is 0.